The average Bonchev–Trinajstić information content (AvgIpc) is 2.68. The number of hydrogen-bond acceptors (Lipinski definition) is 5. The van der Waals surface area contributed by atoms with Crippen LogP contribution in [0.2, 0.25) is 0 Å². The van der Waals surface area contributed by atoms with Crippen molar-refractivity contribution in [3.8, 4) is 0 Å². The molecule has 0 aliphatic carbocycles. The second-order valence-electron chi connectivity index (χ2n) is 8.61. The van der Waals surface area contributed by atoms with Crippen LogP contribution in [0.3, 0.4) is 0 Å². The van der Waals surface area contributed by atoms with E-state index < -0.39 is 11.0 Å². The fourth-order valence-corrected chi connectivity index (χ4v) is 3.64. The fourth-order valence-electron chi connectivity index (χ4n) is 3.64. The number of ketones is 1. The summed E-state index contributed by atoms with van der Waals surface area (Å²) in [7, 11) is 0. The lowest BCUT2D eigenvalue weighted by Crippen LogP contribution is -2.48. The third-order valence-electron chi connectivity index (χ3n) is 5.24. The van der Waals surface area contributed by atoms with Gasteiger partial charge in [0.15, 0.2) is 5.78 Å². The highest BCUT2D eigenvalue weighted by atomic mass is 16.6. The smallest absolute Gasteiger partial charge is 0.410 e. The third-order valence-corrected chi connectivity index (χ3v) is 5.24. The van der Waals surface area contributed by atoms with E-state index in [9.17, 15) is 14.4 Å². The van der Waals surface area contributed by atoms with Gasteiger partial charge in [-0.05, 0) is 53.4 Å². The number of Topliss-reactive ketones (excluding diaryl/α,β-unsaturated/α-hetero) is 1. The first-order valence-electron chi connectivity index (χ1n) is 10.4. The van der Waals surface area contributed by atoms with Gasteiger partial charge in [-0.25, -0.2) is 4.79 Å². The summed E-state index contributed by atoms with van der Waals surface area (Å²) < 4.78 is 10.8. The van der Waals surface area contributed by atoms with Crippen LogP contribution in [-0.2, 0) is 14.3 Å². The van der Waals surface area contributed by atoms with E-state index in [2.05, 4.69) is 0 Å². The molecule has 0 bridgehead atoms. The molecule has 6 heteroatoms. The van der Waals surface area contributed by atoms with Gasteiger partial charge in [0.25, 0.3) is 0 Å². The monoisotopic (exact) mass is 403 g/mol. The lowest BCUT2D eigenvalue weighted by Gasteiger charge is -2.40. The zero-order chi connectivity index (χ0) is 21.5. The van der Waals surface area contributed by atoms with Crippen molar-refractivity contribution < 1.29 is 23.9 Å². The summed E-state index contributed by atoms with van der Waals surface area (Å²) in [6.07, 6.45) is 2.26. The molecule has 1 aliphatic rings. The van der Waals surface area contributed by atoms with E-state index in [0.29, 0.717) is 57.4 Å². The normalized spacial score (nSPS) is 16.2. The van der Waals surface area contributed by atoms with Crippen LogP contribution in [0.4, 0.5) is 4.79 Å². The maximum atomic E-state index is 12.7. The highest BCUT2D eigenvalue weighted by Gasteiger charge is 2.43. The molecule has 29 heavy (non-hydrogen) atoms. The quantitative estimate of drug-likeness (QED) is 0.491. The SMILES string of the molecule is CCOC(=O)C1(CCCC(=O)c2ccccc2)CCN(C(=O)OC(C)(C)C)CC1. The molecular formula is C23H33NO5. The van der Waals surface area contributed by atoms with Gasteiger partial charge in [-0.2, -0.15) is 0 Å². The lowest BCUT2D eigenvalue weighted by molar-refractivity contribution is -0.159. The van der Waals surface area contributed by atoms with Crippen molar-refractivity contribution in [1.82, 2.24) is 4.90 Å². The van der Waals surface area contributed by atoms with E-state index >= 15 is 0 Å². The van der Waals surface area contributed by atoms with Gasteiger partial charge in [0, 0.05) is 25.1 Å². The van der Waals surface area contributed by atoms with Gasteiger partial charge in [-0.15, -0.1) is 0 Å². The van der Waals surface area contributed by atoms with Gasteiger partial charge in [-0.1, -0.05) is 30.3 Å². The minimum atomic E-state index is -0.647. The first-order valence-corrected chi connectivity index (χ1v) is 10.4. The topological polar surface area (TPSA) is 72.9 Å². The molecule has 0 aromatic heterocycles. The van der Waals surface area contributed by atoms with E-state index in [1.807, 2.05) is 51.1 Å². The van der Waals surface area contributed by atoms with Crippen LogP contribution in [0.25, 0.3) is 0 Å². The van der Waals surface area contributed by atoms with Crippen molar-refractivity contribution in [3.63, 3.8) is 0 Å². The molecule has 0 radical (unpaired) electrons. The molecule has 1 aliphatic heterocycles. The molecule has 1 aromatic carbocycles. The van der Waals surface area contributed by atoms with Crippen LogP contribution >= 0.6 is 0 Å². The summed E-state index contributed by atoms with van der Waals surface area (Å²) in [6, 6.07) is 9.19. The maximum absolute atomic E-state index is 12.7. The Bertz CT molecular complexity index is 700. The summed E-state index contributed by atoms with van der Waals surface area (Å²) in [5.41, 5.74) is -0.506. The molecule has 160 valence electrons. The van der Waals surface area contributed by atoms with Crippen molar-refractivity contribution in [2.24, 2.45) is 5.41 Å². The molecule has 1 amide bonds. The molecule has 0 spiro atoms. The number of esters is 1. The van der Waals surface area contributed by atoms with Crippen molar-refractivity contribution in [2.45, 2.75) is 65.4 Å². The number of nitrogens with zero attached hydrogens (tertiary/aromatic N) is 1. The molecule has 0 atom stereocenters. The number of likely N-dealkylation sites (tertiary alicyclic amines) is 1. The molecule has 1 fully saturated rings. The van der Waals surface area contributed by atoms with E-state index in [1.165, 1.54) is 0 Å². The molecule has 6 nitrogen and oxygen atoms in total. The number of carbonyl (C=O) groups is 3. The van der Waals surface area contributed by atoms with Crippen molar-refractivity contribution in [3.05, 3.63) is 35.9 Å². The number of ether oxygens (including phenoxy) is 2. The minimum Gasteiger partial charge on any atom is -0.466 e. The number of benzene rings is 1. The van der Waals surface area contributed by atoms with Crippen LogP contribution < -0.4 is 0 Å². The van der Waals surface area contributed by atoms with E-state index in [4.69, 9.17) is 9.47 Å². The first kappa shape index (κ1) is 22.9. The lowest BCUT2D eigenvalue weighted by atomic mass is 9.74. The van der Waals surface area contributed by atoms with Crippen LogP contribution in [0, 0.1) is 5.41 Å². The minimum absolute atomic E-state index is 0.0794. The van der Waals surface area contributed by atoms with Crippen molar-refractivity contribution >= 4 is 17.8 Å². The number of amides is 1. The number of hydrogen-bond donors (Lipinski definition) is 0. The Hall–Kier alpha value is -2.37. The molecule has 1 heterocycles. The van der Waals surface area contributed by atoms with Crippen LogP contribution in [0.15, 0.2) is 30.3 Å². The summed E-state index contributed by atoms with van der Waals surface area (Å²) in [5.74, 6) is -0.146. The molecule has 0 unspecified atom stereocenters. The Kier molecular flexibility index (Phi) is 7.82. The molecule has 1 saturated heterocycles. The van der Waals surface area contributed by atoms with Gasteiger partial charge in [0.05, 0.1) is 12.0 Å². The van der Waals surface area contributed by atoms with Gasteiger partial charge < -0.3 is 14.4 Å². The Balaban J connectivity index is 1.97. The fraction of sp³-hybridized carbons (Fsp3) is 0.609. The number of piperidine rings is 1. The Morgan fingerprint density at radius 1 is 1.07 bits per heavy atom. The van der Waals surface area contributed by atoms with Gasteiger partial charge in [0.2, 0.25) is 0 Å². The predicted molar refractivity (Wildman–Crippen MR) is 111 cm³/mol. The summed E-state index contributed by atoms with van der Waals surface area (Å²) in [5, 5.41) is 0. The Morgan fingerprint density at radius 2 is 1.69 bits per heavy atom. The number of rotatable bonds is 7. The van der Waals surface area contributed by atoms with Crippen LogP contribution in [0.1, 0.15) is 70.2 Å². The molecule has 2 rings (SSSR count). The number of carbonyl (C=O) groups excluding carboxylic acids is 3. The second-order valence-corrected chi connectivity index (χ2v) is 8.61. The van der Waals surface area contributed by atoms with Crippen molar-refractivity contribution in [2.75, 3.05) is 19.7 Å². The zero-order valence-electron chi connectivity index (χ0n) is 18.0. The van der Waals surface area contributed by atoms with Crippen LogP contribution in [0.5, 0.6) is 0 Å². The standard InChI is InChI=1S/C23H33NO5/c1-5-28-20(26)23(13-9-12-19(25)18-10-7-6-8-11-18)14-16-24(17-15-23)21(27)29-22(2,3)4/h6-8,10-11H,5,9,12-17H2,1-4H3. The summed E-state index contributed by atoms with van der Waals surface area (Å²) >= 11 is 0. The molecular weight excluding hydrogens is 370 g/mol. The largest absolute Gasteiger partial charge is 0.466 e. The van der Waals surface area contributed by atoms with E-state index in [-0.39, 0.29) is 17.8 Å². The molecule has 1 aromatic rings. The third kappa shape index (κ3) is 6.58. The van der Waals surface area contributed by atoms with E-state index in [0.717, 1.165) is 0 Å². The first-order chi connectivity index (χ1) is 13.7. The highest BCUT2D eigenvalue weighted by Crippen LogP contribution is 2.38. The Morgan fingerprint density at radius 3 is 2.24 bits per heavy atom. The van der Waals surface area contributed by atoms with E-state index in [1.54, 1.807) is 11.8 Å². The van der Waals surface area contributed by atoms with Crippen molar-refractivity contribution in [1.29, 1.82) is 0 Å². The second kappa shape index (κ2) is 9.90. The van der Waals surface area contributed by atoms with Gasteiger partial charge >= 0.3 is 12.1 Å². The summed E-state index contributed by atoms with van der Waals surface area (Å²) in [4.78, 5) is 39.1. The molecule has 0 saturated carbocycles. The van der Waals surface area contributed by atoms with Crippen LogP contribution in [-0.4, -0.2) is 48.0 Å². The van der Waals surface area contributed by atoms with Gasteiger partial charge in [0.1, 0.15) is 5.60 Å². The van der Waals surface area contributed by atoms with Gasteiger partial charge in [-0.3, -0.25) is 9.59 Å². The average molecular weight is 404 g/mol. The zero-order valence-corrected chi connectivity index (χ0v) is 18.0. The Labute approximate surface area is 173 Å². The predicted octanol–water partition coefficient (Wildman–Crippen LogP) is 4.62. The highest BCUT2D eigenvalue weighted by molar-refractivity contribution is 5.96. The molecule has 0 N–H and O–H groups in total. The summed E-state index contributed by atoms with van der Waals surface area (Å²) in [6.45, 7) is 8.50. The maximum Gasteiger partial charge on any atom is 0.410 e.